The van der Waals surface area contributed by atoms with Crippen molar-refractivity contribution in [2.24, 2.45) is 4.99 Å². The number of ether oxygens (including phenoxy) is 1. The summed E-state index contributed by atoms with van der Waals surface area (Å²) in [5.74, 6) is -0.261. The van der Waals surface area contributed by atoms with Crippen LogP contribution in [0.1, 0.15) is 5.69 Å². The molecule has 19 heavy (non-hydrogen) atoms. The van der Waals surface area contributed by atoms with Crippen LogP contribution >= 0.6 is 23.4 Å². The molecule has 0 aliphatic carbocycles. The predicted molar refractivity (Wildman–Crippen MR) is 65.8 cm³/mol. The van der Waals surface area contributed by atoms with Crippen LogP contribution in [0.2, 0.25) is 5.15 Å². The fraction of sp³-hybridized carbons (Fsp3) is 0.400. The molecule has 2 rings (SSSR count). The van der Waals surface area contributed by atoms with Crippen molar-refractivity contribution in [1.29, 1.82) is 0 Å². The number of hydrogen-bond donors (Lipinski definition) is 1. The molecule has 104 valence electrons. The van der Waals surface area contributed by atoms with Crippen molar-refractivity contribution < 1.29 is 23.0 Å². The lowest BCUT2D eigenvalue weighted by atomic mass is 10.2. The quantitative estimate of drug-likeness (QED) is 0.853. The Morgan fingerprint density at radius 3 is 2.68 bits per heavy atom. The Morgan fingerprint density at radius 1 is 1.47 bits per heavy atom. The van der Waals surface area contributed by atoms with E-state index in [4.69, 9.17) is 16.3 Å². The number of hydrogen-bond acceptors (Lipinski definition) is 5. The third kappa shape index (κ3) is 2.80. The van der Waals surface area contributed by atoms with Gasteiger partial charge in [0.1, 0.15) is 21.6 Å². The molecule has 0 bridgehead atoms. The minimum absolute atomic E-state index is 0.0272. The Hall–Kier alpha value is -0.990. The fourth-order valence-electron chi connectivity index (χ4n) is 1.38. The van der Waals surface area contributed by atoms with E-state index in [-0.39, 0.29) is 15.9 Å². The third-order valence-corrected chi connectivity index (χ3v) is 3.69. The maximum absolute atomic E-state index is 12.6. The molecule has 1 aromatic rings. The lowest BCUT2D eigenvalue weighted by Gasteiger charge is -2.20. The molecule has 0 saturated heterocycles. The highest BCUT2D eigenvalue weighted by atomic mass is 35.5. The number of rotatable bonds is 2. The average molecular weight is 313 g/mol. The lowest BCUT2D eigenvalue weighted by Crippen LogP contribution is -2.43. The summed E-state index contributed by atoms with van der Waals surface area (Å²) in [7, 11) is 1.39. The summed E-state index contributed by atoms with van der Waals surface area (Å²) < 4.78 is 42.8. The second-order valence-electron chi connectivity index (χ2n) is 3.73. The molecule has 0 amide bonds. The molecule has 1 N–H and O–H groups in total. The molecule has 1 aliphatic rings. The first-order valence-corrected chi connectivity index (χ1v) is 6.35. The van der Waals surface area contributed by atoms with Gasteiger partial charge < -0.3 is 9.84 Å². The van der Waals surface area contributed by atoms with Crippen LogP contribution in [-0.2, 0) is 0 Å². The van der Waals surface area contributed by atoms with E-state index in [0.29, 0.717) is 5.75 Å². The molecule has 1 unspecified atom stereocenters. The molecular weight excluding hydrogens is 305 g/mol. The van der Waals surface area contributed by atoms with Gasteiger partial charge >= 0.3 is 6.18 Å². The number of pyridine rings is 1. The second kappa shape index (κ2) is 4.84. The Kier molecular flexibility index (Phi) is 3.67. The zero-order valence-electron chi connectivity index (χ0n) is 9.53. The van der Waals surface area contributed by atoms with Gasteiger partial charge in [-0.2, -0.15) is 13.2 Å². The molecule has 1 atom stereocenters. The molecule has 0 radical (unpaired) electrons. The van der Waals surface area contributed by atoms with Crippen molar-refractivity contribution >= 4 is 28.4 Å². The minimum Gasteiger partial charge on any atom is -0.497 e. The number of aliphatic imine (C=N–C) groups is 1. The minimum atomic E-state index is -4.83. The summed E-state index contributed by atoms with van der Waals surface area (Å²) in [6.45, 7) is 0. The zero-order valence-corrected chi connectivity index (χ0v) is 11.1. The van der Waals surface area contributed by atoms with Gasteiger partial charge in [-0.05, 0) is 0 Å². The van der Waals surface area contributed by atoms with Crippen molar-refractivity contribution in [3.63, 3.8) is 0 Å². The number of aliphatic hydroxyl groups is 1. The van der Waals surface area contributed by atoms with Crippen LogP contribution in [0.4, 0.5) is 13.2 Å². The number of thioether (sulfide) groups is 1. The summed E-state index contributed by atoms with van der Waals surface area (Å²) in [6, 6.07) is 2.82. The number of nitrogens with zero attached hydrogens (tertiary/aromatic N) is 2. The summed E-state index contributed by atoms with van der Waals surface area (Å²) >= 11 is 6.49. The Bertz CT molecular complexity index is 538. The van der Waals surface area contributed by atoms with Crippen molar-refractivity contribution in [2.75, 3.05) is 12.9 Å². The van der Waals surface area contributed by atoms with Crippen molar-refractivity contribution in [2.45, 2.75) is 11.9 Å². The highest BCUT2D eigenvalue weighted by Gasteiger charge is 2.57. The average Bonchev–Trinajstić information content (AvgIpc) is 2.72. The molecular formula is C10H8ClF3N2O2S. The van der Waals surface area contributed by atoms with Gasteiger partial charge in [0.15, 0.2) is 0 Å². The standard InChI is InChI=1S/C10H8ClF3N2O2S/c1-18-5-2-6(15-7(11)3-5)8-16-9(17,4-19-8)10(12,13)14/h2-3,17H,4H2,1H3. The van der Waals surface area contributed by atoms with Crippen LogP contribution in [0.25, 0.3) is 0 Å². The van der Waals surface area contributed by atoms with Crippen LogP contribution in [0, 0.1) is 0 Å². The van der Waals surface area contributed by atoms with Gasteiger partial charge in [0, 0.05) is 12.1 Å². The van der Waals surface area contributed by atoms with Crippen LogP contribution in [0.15, 0.2) is 17.1 Å². The first kappa shape index (κ1) is 14.4. The topological polar surface area (TPSA) is 54.7 Å². The van der Waals surface area contributed by atoms with Crippen LogP contribution < -0.4 is 4.74 Å². The lowest BCUT2D eigenvalue weighted by molar-refractivity contribution is -0.245. The third-order valence-electron chi connectivity index (χ3n) is 2.37. The Balaban J connectivity index is 2.39. The molecule has 2 heterocycles. The Morgan fingerprint density at radius 2 is 2.16 bits per heavy atom. The van der Waals surface area contributed by atoms with Crippen LogP contribution in [0.3, 0.4) is 0 Å². The monoisotopic (exact) mass is 312 g/mol. The number of methoxy groups -OCH3 is 1. The molecule has 9 heteroatoms. The summed E-state index contributed by atoms with van der Waals surface area (Å²) in [5, 5.41) is 9.47. The number of alkyl halides is 3. The molecule has 0 fully saturated rings. The summed E-state index contributed by atoms with van der Waals surface area (Å²) in [4.78, 5) is 7.18. The van der Waals surface area contributed by atoms with Gasteiger partial charge in [-0.3, -0.25) is 0 Å². The van der Waals surface area contributed by atoms with E-state index in [1.165, 1.54) is 19.2 Å². The Labute approximate surface area is 115 Å². The van der Waals surface area contributed by atoms with E-state index in [1.54, 1.807) is 0 Å². The van der Waals surface area contributed by atoms with Crippen molar-refractivity contribution in [1.82, 2.24) is 4.98 Å². The number of aromatic nitrogens is 1. The van der Waals surface area contributed by atoms with E-state index >= 15 is 0 Å². The van der Waals surface area contributed by atoms with E-state index in [1.807, 2.05) is 0 Å². The first-order chi connectivity index (χ1) is 8.75. The molecule has 1 aromatic heterocycles. The summed E-state index contributed by atoms with van der Waals surface area (Å²) in [5.41, 5.74) is -2.95. The van der Waals surface area contributed by atoms with E-state index in [2.05, 4.69) is 9.98 Å². The summed E-state index contributed by atoms with van der Waals surface area (Å²) in [6.07, 6.45) is -4.83. The van der Waals surface area contributed by atoms with E-state index in [0.717, 1.165) is 11.8 Å². The first-order valence-electron chi connectivity index (χ1n) is 4.99. The molecule has 4 nitrogen and oxygen atoms in total. The SMILES string of the molecule is COc1cc(Cl)nc(C2=NC(O)(C(F)(F)F)CS2)c1. The molecule has 0 aromatic carbocycles. The maximum atomic E-state index is 12.6. The molecule has 0 spiro atoms. The van der Waals surface area contributed by atoms with Crippen LogP contribution in [-0.4, -0.2) is 39.9 Å². The van der Waals surface area contributed by atoms with Gasteiger partial charge in [-0.25, -0.2) is 9.98 Å². The van der Waals surface area contributed by atoms with Crippen LogP contribution in [0.5, 0.6) is 5.75 Å². The predicted octanol–water partition coefficient (Wildman–Crippen LogP) is 2.49. The van der Waals surface area contributed by atoms with Gasteiger partial charge in [-0.1, -0.05) is 23.4 Å². The smallest absolute Gasteiger partial charge is 0.439 e. The molecule has 1 aliphatic heterocycles. The van der Waals surface area contributed by atoms with Gasteiger partial charge in [0.2, 0.25) is 0 Å². The largest absolute Gasteiger partial charge is 0.497 e. The van der Waals surface area contributed by atoms with Crippen molar-refractivity contribution in [3.05, 3.63) is 23.0 Å². The molecule has 0 saturated carbocycles. The maximum Gasteiger partial charge on any atom is 0.439 e. The highest BCUT2D eigenvalue weighted by molar-refractivity contribution is 8.14. The van der Waals surface area contributed by atoms with Gasteiger partial charge in [0.25, 0.3) is 5.72 Å². The van der Waals surface area contributed by atoms with Gasteiger partial charge in [0.05, 0.1) is 12.9 Å². The fourth-order valence-corrected chi connectivity index (χ4v) is 2.61. The zero-order chi connectivity index (χ0) is 14.3. The number of halogens is 4. The van der Waals surface area contributed by atoms with Crippen molar-refractivity contribution in [3.8, 4) is 5.75 Å². The van der Waals surface area contributed by atoms with E-state index < -0.39 is 17.7 Å². The normalized spacial score (nSPS) is 23.4. The second-order valence-corrected chi connectivity index (χ2v) is 5.09. The highest BCUT2D eigenvalue weighted by Crippen LogP contribution is 2.40. The van der Waals surface area contributed by atoms with Gasteiger partial charge in [-0.15, -0.1) is 0 Å². The van der Waals surface area contributed by atoms with E-state index in [9.17, 15) is 18.3 Å².